The van der Waals surface area contributed by atoms with Gasteiger partial charge in [-0.25, -0.2) is 4.98 Å². The van der Waals surface area contributed by atoms with Crippen LogP contribution in [0.25, 0.3) is 72.2 Å². The molecule has 1 aliphatic rings. The van der Waals surface area contributed by atoms with E-state index in [2.05, 4.69) is 150 Å². The molecule has 0 radical (unpaired) electrons. The van der Waals surface area contributed by atoms with Crippen molar-refractivity contribution in [3.05, 3.63) is 192 Å². The molecule has 3 aromatic heterocycles. The molecule has 7 aromatic carbocycles. The van der Waals surface area contributed by atoms with Crippen LogP contribution in [0.1, 0.15) is 22.5 Å². The van der Waals surface area contributed by atoms with Gasteiger partial charge >= 0.3 is 0 Å². The second kappa shape index (κ2) is 10.6. The molecule has 5 nitrogen and oxygen atoms in total. The van der Waals surface area contributed by atoms with Crippen molar-refractivity contribution < 1.29 is 4.42 Å². The number of hydrogen-bond donors (Lipinski definition) is 0. The van der Waals surface area contributed by atoms with Crippen molar-refractivity contribution in [2.45, 2.75) is 5.41 Å². The fraction of sp³-hybridized carbons (Fsp3) is 0.0217. The van der Waals surface area contributed by atoms with Crippen molar-refractivity contribution in [2.75, 3.05) is 0 Å². The largest absolute Gasteiger partial charge is 0.456 e. The lowest BCUT2D eigenvalue weighted by Crippen LogP contribution is -2.32. The van der Waals surface area contributed by atoms with Gasteiger partial charge in [0, 0.05) is 27.1 Å². The number of rotatable bonds is 4. The highest BCUT2D eigenvalue weighted by molar-refractivity contribution is 6.09. The summed E-state index contributed by atoms with van der Waals surface area (Å²) in [7, 11) is 0. The van der Waals surface area contributed by atoms with E-state index in [-0.39, 0.29) is 0 Å². The van der Waals surface area contributed by atoms with E-state index < -0.39 is 5.41 Å². The number of hydrogen-bond acceptors (Lipinski definition) is 4. The molecule has 51 heavy (non-hydrogen) atoms. The number of fused-ring (bicyclic) bond motifs is 9. The van der Waals surface area contributed by atoms with Gasteiger partial charge in [0.15, 0.2) is 11.6 Å². The second-order valence-electron chi connectivity index (χ2n) is 13.2. The van der Waals surface area contributed by atoms with Crippen LogP contribution in [0.2, 0.25) is 0 Å². The zero-order valence-corrected chi connectivity index (χ0v) is 27.4. The molecule has 0 N–H and O–H groups in total. The third-order valence-electron chi connectivity index (χ3n) is 10.5. The molecule has 5 heteroatoms. The lowest BCUT2D eigenvalue weighted by atomic mass is 9.71. The number of furan rings is 1. The van der Waals surface area contributed by atoms with E-state index in [9.17, 15) is 0 Å². The highest BCUT2D eigenvalue weighted by atomic mass is 16.3. The van der Waals surface area contributed by atoms with Crippen LogP contribution < -0.4 is 0 Å². The smallest absolute Gasteiger partial charge is 0.238 e. The zero-order valence-electron chi connectivity index (χ0n) is 27.4. The van der Waals surface area contributed by atoms with Crippen LogP contribution in [-0.4, -0.2) is 19.5 Å². The predicted octanol–water partition coefficient (Wildman–Crippen LogP) is 10.9. The van der Waals surface area contributed by atoms with Gasteiger partial charge in [-0.05, 0) is 64.2 Å². The Morgan fingerprint density at radius 3 is 1.73 bits per heavy atom. The van der Waals surface area contributed by atoms with Gasteiger partial charge in [0.05, 0.1) is 11.0 Å². The summed E-state index contributed by atoms with van der Waals surface area (Å²) in [5.41, 5.74) is 9.63. The monoisotopic (exact) mass is 652 g/mol. The fourth-order valence-corrected chi connectivity index (χ4v) is 8.37. The van der Waals surface area contributed by atoms with E-state index in [1.165, 1.54) is 11.1 Å². The Bertz CT molecular complexity index is 2890. The molecule has 10 aromatic rings. The van der Waals surface area contributed by atoms with E-state index in [1.807, 2.05) is 24.3 Å². The molecule has 0 bridgehead atoms. The second-order valence-corrected chi connectivity index (χ2v) is 13.2. The van der Waals surface area contributed by atoms with E-state index in [0.29, 0.717) is 17.6 Å². The molecule has 238 valence electrons. The Labute approximate surface area is 293 Å². The Morgan fingerprint density at radius 2 is 1.02 bits per heavy atom. The normalized spacial score (nSPS) is 13.3. The van der Waals surface area contributed by atoms with Crippen LogP contribution in [0.4, 0.5) is 0 Å². The van der Waals surface area contributed by atoms with Gasteiger partial charge in [-0.3, -0.25) is 4.57 Å². The lowest BCUT2D eigenvalue weighted by Gasteiger charge is -2.32. The summed E-state index contributed by atoms with van der Waals surface area (Å²) in [6, 6.07) is 59.4. The van der Waals surface area contributed by atoms with Crippen molar-refractivity contribution in [2.24, 2.45) is 0 Å². The van der Waals surface area contributed by atoms with E-state index >= 15 is 0 Å². The molecule has 0 unspecified atom stereocenters. The van der Waals surface area contributed by atoms with Gasteiger partial charge < -0.3 is 4.42 Å². The highest BCUT2D eigenvalue weighted by Crippen LogP contribution is 2.55. The molecule has 0 aliphatic heterocycles. The number of para-hydroxylation sites is 3. The Hall–Kier alpha value is -6.85. The van der Waals surface area contributed by atoms with Gasteiger partial charge in [-0.2, -0.15) is 9.97 Å². The van der Waals surface area contributed by atoms with Gasteiger partial charge in [0.25, 0.3) is 0 Å². The first-order valence-electron chi connectivity index (χ1n) is 17.2. The van der Waals surface area contributed by atoms with Crippen molar-refractivity contribution >= 4 is 43.7 Å². The quantitative estimate of drug-likeness (QED) is 0.190. The molecule has 0 amide bonds. The predicted molar refractivity (Wildman–Crippen MR) is 204 cm³/mol. The van der Waals surface area contributed by atoms with E-state index in [4.69, 9.17) is 19.4 Å². The maximum Gasteiger partial charge on any atom is 0.238 e. The molecule has 0 saturated carbocycles. The van der Waals surface area contributed by atoms with Crippen molar-refractivity contribution in [1.29, 1.82) is 0 Å². The molecule has 3 heterocycles. The van der Waals surface area contributed by atoms with Crippen LogP contribution in [0.5, 0.6) is 0 Å². The molecule has 0 atom stereocenters. The van der Waals surface area contributed by atoms with E-state index in [0.717, 1.165) is 66.0 Å². The molecule has 0 spiro atoms. The van der Waals surface area contributed by atoms with E-state index in [1.54, 1.807) is 0 Å². The SMILES string of the molecule is c1ccc(C2(c3nc(-c4ccc5oc6ccccc6c5c4)nc(-n4c5ccccc5c5ccccc54)n3)c3ccccc3-c3ccccc32)cc1. The van der Waals surface area contributed by atoms with Gasteiger partial charge in [-0.1, -0.05) is 133 Å². The van der Waals surface area contributed by atoms with Crippen LogP contribution >= 0.6 is 0 Å². The lowest BCUT2D eigenvalue weighted by molar-refractivity contribution is 0.669. The maximum absolute atomic E-state index is 6.22. The summed E-state index contributed by atoms with van der Waals surface area (Å²) in [5, 5.41) is 4.39. The van der Waals surface area contributed by atoms with Gasteiger partial charge in [-0.15, -0.1) is 0 Å². The minimum atomic E-state index is -0.800. The van der Waals surface area contributed by atoms with Crippen molar-refractivity contribution in [1.82, 2.24) is 19.5 Å². The Balaban J connectivity index is 1.29. The Morgan fingerprint density at radius 1 is 0.451 bits per heavy atom. The fourth-order valence-electron chi connectivity index (χ4n) is 8.37. The van der Waals surface area contributed by atoms with Crippen LogP contribution in [0.3, 0.4) is 0 Å². The minimum absolute atomic E-state index is 0.571. The number of benzene rings is 7. The van der Waals surface area contributed by atoms with Crippen LogP contribution in [-0.2, 0) is 5.41 Å². The Kier molecular flexibility index (Phi) is 5.81. The molecular weight excluding hydrogens is 625 g/mol. The molecule has 0 saturated heterocycles. The minimum Gasteiger partial charge on any atom is -0.456 e. The summed E-state index contributed by atoms with van der Waals surface area (Å²) in [6.45, 7) is 0. The number of nitrogens with zero attached hydrogens (tertiary/aromatic N) is 4. The third-order valence-corrected chi connectivity index (χ3v) is 10.5. The molecular formula is C46H28N4O. The van der Waals surface area contributed by atoms with Gasteiger partial charge in [0.2, 0.25) is 5.95 Å². The first-order valence-corrected chi connectivity index (χ1v) is 17.2. The summed E-state index contributed by atoms with van der Waals surface area (Å²) in [6.07, 6.45) is 0. The maximum atomic E-state index is 6.22. The summed E-state index contributed by atoms with van der Waals surface area (Å²) in [4.78, 5) is 16.4. The average molecular weight is 653 g/mol. The molecule has 1 aliphatic carbocycles. The summed E-state index contributed by atoms with van der Waals surface area (Å²) in [5.74, 6) is 1.84. The average Bonchev–Trinajstić information content (AvgIpc) is 3.84. The van der Waals surface area contributed by atoms with Crippen LogP contribution in [0, 0.1) is 0 Å². The summed E-state index contributed by atoms with van der Waals surface area (Å²) >= 11 is 0. The van der Waals surface area contributed by atoms with Crippen molar-refractivity contribution in [3.63, 3.8) is 0 Å². The molecule has 0 fully saturated rings. The number of aromatic nitrogens is 4. The first kappa shape index (κ1) is 28.0. The van der Waals surface area contributed by atoms with Crippen LogP contribution in [0.15, 0.2) is 174 Å². The first-order chi connectivity index (χ1) is 25.3. The van der Waals surface area contributed by atoms with Gasteiger partial charge in [0.1, 0.15) is 16.6 Å². The summed E-state index contributed by atoms with van der Waals surface area (Å²) < 4.78 is 8.41. The molecule has 11 rings (SSSR count). The van der Waals surface area contributed by atoms with Crippen molar-refractivity contribution in [3.8, 4) is 28.5 Å². The standard InChI is InChI=1S/C46H28N4O/c1-2-14-30(15-3-1)46(37-21-9-4-16-31(37)32-17-5-10-22-38(32)46)44-47-43(29-26-27-42-36(28-29)35-20-8-13-25-41(35)51-42)48-45(49-44)50-39-23-11-6-18-33(39)34-19-7-12-24-40(34)50/h1-28H. The topological polar surface area (TPSA) is 56.7 Å². The highest BCUT2D eigenvalue weighted by Gasteiger charge is 2.48. The third kappa shape index (κ3) is 3.88. The zero-order chi connectivity index (χ0) is 33.5.